The van der Waals surface area contributed by atoms with Crippen LogP contribution < -0.4 is 11.4 Å². The van der Waals surface area contributed by atoms with Crippen LogP contribution in [0, 0.1) is 23.6 Å². The van der Waals surface area contributed by atoms with E-state index >= 15 is 0 Å². The predicted molar refractivity (Wildman–Crippen MR) is 168 cm³/mol. The highest BCUT2D eigenvalue weighted by Crippen LogP contribution is 2.49. The number of hydrogen-bond donors (Lipinski definition) is 1. The minimum atomic E-state index is -0.545. The van der Waals surface area contributed by atoms with Crippen LogP contribution in [0.15, 0.2) is 64.1 Å². The monoisotopic (exact) mass is 587 g/mol. The van der Waals surface area contributed by atoms with Gasteiger partial charge in [-0.1, -0.05) is 52.0 Å². The normalized spacial score (nSPS) is 16.7. The molecule has 1 aliphatic carbocycles. The molecule has 3 aromatic heterocycles. The summed E-state index contributed by atoms with van der Waals surface area (Å²) in [6.45, 7) is 12.8. The van der Waals surface area contributed by atoms with E-state index < -0.39 is 11.7 Å². The number of fused-ring (bicyclic) bond motifs is 2. The lowest BCUT2D eigenvalue weighted by Crippen LogP contribution is -2.27. The number of nitrogen functional groups attached to an aromatic ring is 1. The summed E-state index contributed by atoms with van der Waals surface area (Å²) in [5.41, 5.74) is 10.3. The Morgan fingerprint density at radius 3 is 2.48 bits per heavy atom. The van der Waals surface area contributed by atoms with E-state index in [4.69, 9.17) is 15.2 Å². The maximum atomic E-state index is 14.5. The van der Waals surface area contributed by atoms with E-state index in [1.807, 2.05) is 38.1 Å². The second-order valence-electron chi connectivity index (χ2n) is 12.8. The van der Waals surface area contributed by atoms with Gasteiger partial charge in [-0.15, -0.1) is 12.4 Å². The van der Waals surface area contributed by atoms with Gasteiger partial charge in [0, 0.05) is 11.1 Å². The first kappa shape index (κ1) is 29.5. The molecule has 0 aliphatic heterocycles. The Balaban J connectivity index is 0.00000353. The Morgan fingerprint density at radius 1 is 1.07 bits per heavy atom. The number of halogens is 2. The van der Waals surface area contributed by atoms with Crippen molar-refractivity contribution in [3.63, 3.8) is 0 Å². The molecule has 1 aliphatic rings. The molecule has 0 amide bonds. The zero-order chi connectivity index (χ0) is 29.3. The van der Waals surface area contributed by atoms with Gasteiger partial charge in [0.2, 0.25) is 0 Å². The SMILES string of the molecule is Cc1cc(F)cc(-c2nn(C(C)c3oc(=O)c4ccccc4c3C3=CC(C)(C)CC(C)(C)C3)c3ncnc(N)c23)c1.Cl. The fourth-order valence-corrected chi connectivity index (χ4v) is 6.84. The quantitative estimate of drug-likeness (QED) is 0.229. The maximum Gasteiger partial charge on any atom is 0.343 e. The standard InChI is InChI=1S/C33H34FN5O2.ClH/c1-18-11-20(13-22(34)12-18)27-26-29(35)36-17-37-30(26)39(38-27)19(2)28-25(21-14-32(3,4)16-33(5,6)15-21)23-9-7-8-10-24(23)31(40)41-28;/h7-14,17,19H,15-16H2,1-6H3,(H2,35,36,37);1H. The van der Waals surface area contributed by atoms with Gasteiger partial charge in [0.15, 0.2) is 5.65 Å². The lowest BCUT2D eigenvalue weighted by molar-refractivity contribution is 0.228. The molecule has 0 saturated heterocycles. The van der Waals surface area contributed by atoms with Crippen LogP contribution in [0.5, 0.6) is 0 Å². The van der Waals surface area contributed by atoms with Crippen LogP contribution in [-0.2, 0) is 0 Å². The van der Waals surface area contributed by atoms with Gasteiger partial charge in [0.1, 0.15) is 35.5 Å². The van der Waals surface area contributed by atoms with Crippen LogP contribution in [0.25, 0.3) is 38.6 Å². The van der Waals surface area contributed by atoms with Gasteiger partial charge in [-0.2, -0.15) is 5.10 Å². The van der Waals surface area contributed by atoms with E-state index in [1.54, 1.807) is 10.7 Å². The van der Waals surface area contributed by atoms with Crippen molar-refractivity contribution >= 4 is 45.6 Å². The molecule has 0 radical (unpaired) electrons. The van der Waals surface area contributed by atoms with E-state index in [2.05, 4.69) is 43.7 Å². The fraction of sp³-hybridized carbons (Fsp3) is 0.333. The van der Waals surface area contributed by atoms with Crippen LogP contribution in [0.1, 0.15) is 70.4 Å². The molecular weight excluding hydrogens is 553 g/mol. The number of allylic oxidation sites excluding steroid dienone is 2. The minimum Gasteiger partial charge on any atom is -0.424 e. The highest BCUT2D eigenvalue weighted by molar-refractivity contribution is 5.99. The third-order valence-corrected chi connectivity index (χ3v) is 7.93. The Bertz CT molecular complexity index is 1920. The van der Waals surface area contributed by atoms with Gasteiger partial charge in [-0.05, 0) is 78.3 Å². The second kappa shape index (κ2) is 10.3. The molecule has 9 heteroatoms. The van der Waals surface area contributed by atoms with E-state index in [1.165, 1.54) is 18.5 Å². The van der Waals surface area contributed by atoms with Crippen molar-refractivity contribution < 1.29 is 8.81 Å². The summed E-state index contributed by atoms with van der Waals surface area (Å²) < 4.78 is 22.3. The number of benzene rings is 2. The van der Waals surface area contributed by atoms with E-state index in [-0.39, 0.29) is 34.9 Å². The lowest BCUT2D eigenvalue weighted by atomic mass is 9.65. The number of aryl methyl sites for hydroxylation is 1. The lowest BCUT2D eigenvalue weighted by Gasteiger charge is -2.40. The first-order chi connectivity index (χ1) is 19.3. The summed E-state index contributed by atoms with van der Waals surface area (Å²) in [4.78, 5) is 22.1. The van der Waals surface area contributed by atoms with E-state index in [9.17, 15) is 9.18 Å². The minimum absolute atomic E-state index is 0. The molecule has 42 heavy (non-hydrogen) atoms. The second-order valence-corrected chi connectivity index (χ2v) is 12.8. The van der Waals surface area contributed by atoms with Crippen molar-refractivity contribution in [2.45, 2.75) is 60.4 Å². The Labute approximate surface area is 250 Å². The Hall–Kier alpha value is -4.04. The highest BCUT2D eigenvalue weighted by atomic mass is 35.5. The van der Waals surface area contributed by atoms with Gasteiger partial charge in [-0.25, -0.2) is 23.8 Å². The first-order valence-electron chi connectivity index (χ1n) is 13.9. The van der Waals surface area contributed by atoms with Crippen LogP contribution in [0.3, 0.4) is 0 Å². The smallest absolute Gasteiger partial charge is 0.343 e. The van der Waals surface area contributed by atoms with E-state index in [0.29, 0.717) is 33.4 Å². The maximum absolute atomic E-state index is 14.5. The molecule has 0 spiro atoms. The predicted octanol–water partition coefficient (Wildman–Crippen LogP) is 7.89. The third kappa shape index (κ3) is 5.09. The van der Waals surface area contributed by atoms with Crippen LogP contribution >= 0.6 is 12.4 Å². The van der Waals surface area contributed by atoms with Crippen LogP contribution in [0.2, 0.25) is 0 Å². The molecule has 0 bridgehead atoms. The summed E-state index contributed by atoms with van der Waals surface area (Å²) in [7, 11) is 0. The molecule has 6 rings (SSSR count). The average molecular weight is 588 g/mol. The summed E-state index contributed by atoms with van der Waals surface area (Å²) >= 11 is 0. The zero-order valence-corrected chi connectivity index (χ0v) is 25.5. The van der Waals surface area contributed by atoms with Gasteiger partial charge < -0.3 is 10.2 Å². The number of rotatable bonds is 4. The molecule has 2 aromatic carbocycles. The van der Waals surface area contributed by atoms with Crippen molar-refractivity contribution in [3.05, 3.63) is 88.0 Å². The summed E-state index contributed by atoms with van der Waals surface area (Å²) in [6.07, 6.45) is 5.57. The van der Waals surface area contributed by atoms with Crippen molar-refractivity contribution in [2.24, 2.45) is 10.8 Å². The molecule has 1 unspecified atom stereocenters. The van der Waals surface area contributed by atoms with Gasteiger partial charge in [0.25, 0.3) is 0 Å². The van der Waals surface area contributed by atoms with Gasteiger partial charge in [-0.3, -0.25) is 0 Å². The van der Waals surface area contributed by atoms with Crippen molar-refractivity contribution in [2.75, 3.05) is 5.73 Å². The molecule has 3 heterocycles. The molecule has 7 nitrogen and oxygen atoms in total. The van der Waals surface area contributed by atoms with E-state index in [0.717, 1.165) is 34.9 Å². The summed E-state index contributed by atoms with van der Waals surface area (Å²) in [5.74, 6) is 0.365. The number of anilines is 1. The summed E-state index contributed by atoms with van der Waals surface area (Å²) in [5, 5.41) is 6.82. The van der Waals surface area contributed by atoms with Crippen molar-refractivity contribution in [1.29, 1.82) is 0 Å². The first-order valence-corrected chi connectivity index (χ1v) is 13.9. The molecule has 5 aromatic rings. The third-order valence-electron chi connectivity index (χ3n) is 7.93. The van der Waals surface area contributed by atoms with Gasteiger partial charge >= 0.3 is 5.63 Å². The molecule has 0 saturated carbocycles. The average Bonchev–Trinajstić information content (AvgIpc) is 3.27. The largest absolute Gasteiger partial charge is 0.424 e. The van der Waals surface area contributed by atoms with Gasteiger partial charge in [0.05, 0.1) is 10.8 Å². The Morgan fingerprint density at radius 2 is 1.79 bits per heavy atom. The highest BCUT2D eigenvalue weighted by Gasteiger charge is 2.36. The molecule has 0 fully saturated rings. The fourth-order valence-electron chi connectivity index (χ4n) is 6.84. The number of nitrogens with two attached hydrogens (primary N) is 1. The zero-order valence-electron chi connectivity index (χ0n) is 24.7. The molecule has 2 N–H and O–H groups in total. The number of hydrogen-bond acceptors (Lipinski definition) is 6. The topological polar surface area (TPSA) is 99.8 Å². The van der Waals surface area contributed by atoms with Crippen LogP contribution in [0.4, 0.5) is 10.2 Å². The number of nitrogens with zero attached hydrogens (tertiary/aromatic N) is 4. The Kier molecular flexibility index (Phi) is 7.26. The van der Waals surface area contributed by atoms with Crippen molar-refractivity contribution in [3.8, 4) is 11.3 Å². The van der Waals surface area contributed by atoms with Crippen LogP contribution in [-0.4, -0.2) is 19.7 Å². The van der Waals surface area contributed by atoms with Crippen molar-refractivity contribution in [1.82, 2.24) is 19.7 Å². The molecule has 218 valence electrons. The molecular formula is C33H35ClFN5O2. The number of aromatic nitrogens is 4. The summed E-state index contributed by atoms with van der Waals surface area (Å²) in [6, 6.07) is 11.8. The molecule has 1 atom stereocenters.